The highest BCUT2D eigenvalue weighted by Crippen LogP contribution is 2.45. The number of methoxy groups -OCH3 is 1. The number of nitro benzene ring substituents is 1. The van der Waals surface area contributed by atoms with E-state index < -0.39 is 22.8 Å². The zero-order valence-electron chi connectivity index (χ0n) is 26.2. The molecule has 1 saturated heterocycles. The van der Waals surface area contributed by atoms with Crippen molar-refractivity contribution >= 4 is 17.6 Å². The number of esters is 1. The molecular weight excluding hydrogens is 570 g/mol. The summed E-state index contributed by atoms with van der Waals surface area (Å²) in [5.74, 6) is -2.10. The summed E-state index contributed by atoms with van der Waals surface area (Å²) in [5.41, 5.74) is 4.32. The monoisotopic (exact) mass is 609 g/mol. The fraction of sp³-hybridized carbons (Fsp3) is 0.333. The average Bonchev–Trinajstić information content (AvgIpc) is 3.07. The van der Waals surface area contributed by atoms with Gasteiger partial charge >= 0.3 is 11.9 Å². The molecule has 2 aliphatic rings. The second-order valence-corrected chi connectivity index (χ2v) is 11.5. The van der Waals surface area contributed by atoms with E-state index in [0.717, 1.165) is 19.3 Å². The number of non-ortho nitro benzene ring substituents is 1. The number of hydroxylamine groups is 2. The van der Waals surface area contributed by atoms with E-state index in [1.165, 1.54) is 30.4 Å². The maximum atomic E-state index is 14.2. The Morgan fingerprint density at radius 3 is 1.93 bits per heavy atom. The second kappa shape index (κ2) is 13.5. The molecular formula is C36H39N3O6. The van der Waals surface area contributed by atoms with Crippen LogP contribution in [0.25, 0.3) is 0 Å². The molecule has 0 amide bonds. The first-order chi connectivity index (χ1) is 21.7. The van der Waals surface area contributed by atoms with Crippen molar-refractivity contribution in [3.8, 4) is 0 Å². The molecule has 45 heavy (non-hydrogen) atoms. The lowest BCUT2D eigenvalue weighted by atomic mass is 9.68. The minimum atomic E-state index is -0.907. The summed E-state index contributed by atoms with van der Waals surface area (Å²) < 4.78 is 5.19. The van der Waals surface area contributed by atoms with Crippen molar-refractivity contribution in [1.82, 2.24) is 9.96 Å². The Labute approximate surface area is 263 Å². The van der Waals surface area contributed by atoms with Gasteiger partial charge in [0.25, 0.3) is 5.69 Å². The van der Waals surface area contributed by atoms with Crippen molar-refractivity contribution in [1.29, 1.82) is 0 Å². The summed E-state index contributed by atoms with van der Waals surface area (Å²) >= 11 is 0. The maximum Gasteiger partial charge on any atom is 0.355 e. The molecule has 3 aromatic rings. The Bertz CT molecular complexity index is 1580. The fourth-order valence-electron chi connectivity index (χ4n) is 6.84. The standard InChI is InChI=1S/C36H39N3O6/c1-5-21-38-25(2)31(34(40)44-4)33(27-13-12-18-30(24-27)39(42)43)32(26(38)3)35(41)45-37-22-19-36(20-23-37,28-14-8-6-9-15-28)29-16-10-7-11-17-29/h6-18,24,33H,5,19-23H2,1-4H3/t33-/m0/s1. The van der Waals surface area contributed by atoms with E-state index in [1.807, 2.05) is 37.8 Å². The SMILES string of the molecule is CCCN1C(C)=C(C(=O)OC)[C@H](c2cccc([N+](=O)[O-])c2)C(C(=O)ON2CCC(c3ccccc3)(c3ccccc3)CC2)=C1C. The van der Waals surface area contributed by atoms with Crippen LogP contribution in [-0.4, -0.2) is 53.6 Å². The van der Waals surface area contributed by atoms with E-state index in [2.05, 4.69) is 48.5 Å². The lowest BCUT2D eigenvalue weighted by Crippen LogP contribution is -2.45. The molecule has 1 fully saturated rings. The van der Waals surface area contributed by atoms with Crippen LogP contribution in [0, 0.1) is 10.1 Å². The molecule has 0 saturated carbocycles. The van der Waals surface area contributed by atoms with Gasteiger partial charge in [0.2, 0.25) is 0 Å². The van der Waals surface area contributed by atoms with Gasteiger partial charge in [0.1, 0.15) is 0 Å². The lowest BCUT2D eigenvalue weighted by Gasteiger charge is -2.42. The van der Waals surface area contributed by atoms with E-state index >= 15 is 0 Å². The molecule has 9 nitrogen and oxygen atoms in total. The summed E-state index contributed by atoms with van der Waals surface area (Å²) in [6.45, 7) is 7.23. The second-order valence-electron chi connectivity index (χ2n) is 11.5. The highest BCUT2D eigenvalue weighted by Gasteiger charge is 2.43. The molecule has 2 aliphatic heterocycles. The number of nitrogens with zero attached hydrogens (tertiary/aromatic N) is 3. The van der Waals surface area contributed by atoms with Crippen molar-refractivity contribution in [3.05, 3.63) is 134 Å². The highest BCUT2D eigenvalue weighted by molar-refractivity contribution is 5.99. The summed E-state index contributed by atoms with van der Waals surface area (Å²) in [7, 11) is 1.29. The molecule has 1 atom stereocenters. The average molecular weight is 610 g/mol. The summed E-state index contributed by atoms with van der Waals surface area (Å²) in [6, 6.07) is 26.9. The van der Waals surface area contributed by atoms with E-state index in [4.69, 9.17) is 9.57 Å². The zero-order valence-corrected chi connectivity index (χ0v) is 26.2. The normalized spacial score (nSPS) is 18.5. The number of ether oxygens (including phenoxy) is 1. The first kappa shape index (κ1) is 31.7. The van der Waals surface area contributed by atoms with Gasteiger partial charge in [0, 0.05) is 48.6 Å². The van der Waals surface area contributed by atoms with Crippen LogP contribution in [0.3, 0.4) is 0 Å². The summed E-state index contributed by atoms with van der Waals surface area (Å²) in [5, 5.41) is 13.4. The van der Waals surface area contributed by atoms with Gasteiger partial charge in [-0.15, -0.1) is 5.06 Å². The number of nitro groups is 1. The number of carbonyl (C=O) groups excluding carboxylic acids is 2. The lowest BCUT2D eigenvalue weighted by molar-refractivity contribution is -0.384. The van der Waals surface area contributed by atoms with Crippen molar-refractivity contribution in [2.24, 2.45) is 0 Å². The van der Waals surface area contributed by atoms with E-state index in [0.29, 0.717) is 36.6 Å². The molecule has 9 heteroatoms. The predicted octanol–water partition coefficient (Wildman–Crippen LogP) is 6.67. The first-order valence-corrected chi connectivity index (χ1v) is 15.3. The molecule has 0 unspecified atom stereocenters. The first-order valence-electron chi connectivity index (χ1n) is 15.3. The molecule has 2 heterocycles. The molecule has 5 rings (SSSR count). The zero-order chi connectivity index (χ0) is 32.1. The Balaban J connectivity index is 1.49. The van der Waals surface area contributed by atoms with E-state index in [9.17, 15) is 19.7 Å². The number of hydrogen-bond donors (Lipinski definition) is 0. The van der Waals surface area contributed by atoms with Crippen LogP contribution in [0.1, 0.15) is 62.6 Å². The number of allylic oxidation sites excluding steroid dienone is 2. The van der Waals surface area contributed by atoms with Crippen molar-refractivity contribution in [2.75, 3.05) is 26.7 Å². The number of benzene rings is 3. The summed E-state index contributed by atoms with van der Waals surface area (Å²) in [6.07, 6.45) is 2.23. The van der Waals surface area contributed by atoms with Gasteiger partial charge in [0.05, 0.1) is 29.1 Å². The number of hydrogen-bond acceptors (Lipinski definition) is 8. The quantitative estimate of drug-likeness (QED) is 0.151. The molecule has 0 N–H and O–H groups in total. The molecule has 0 spiro atoms. The van der Waals surface area contributed by atoms with Gasteiger partial charge in [0.15, 0.2) is 0 Å². The van der Waals surface area contributed by atoms with Gasteiger partial charge in [-0.3, -0.25) is 10.1 Å². The van der Waals surface area contributed by atoms with Crippen LogP contribution in [-0.2, 0) is 24.6 Å². The van der Waals surface area contributed by atoms with Crippen LogP contribution in [0.15, 0.2) is 107 Å². The molecule has 0 aromatic heterocycles. The number of carbonyl (C=O) groups is 2. The Morgan fingerprint density at radius 2 is 1.42 bits per heavy atom. The topological polar surface area (TPSA) is 102 Å². The highest BCUT2D eigenvalue weighted by atomic mass is 16.7. The number of rotatable bonds is 9. The largest absolute Gasteiger partial charge is 0.466 e. The van der Waals surface area contributed by atoms with E-state index in [1.54, 1.807) is 17.2 Å². The van der Waals surface area contributed by atoms with Crippen molar-refractivity contribution in [2.45, 2.75) is 51.4 Å². The van der Waals surface area contributed by atoms with Gasteiger partial charge in [-0.1, -0.05) is 79.7 Å². The van der Waals surface area contributed by atoms with Crippen LogP contribution in [0.2, 0.25) is 0 Å². The van der Waals surface area contributed by atoms with Crippen LogP contribution >= 0.6 is 0 Å². The van der Waals surface area contributed by atoms with Crippen molar-refractivity contribution in [3.63, 3.8) is 0 Å². The molecule has 0 radical (unpaired) electrons. The molecule has 0 bridgehead atoms. The van der Waals surface area contributed by atoms with Gasteiger partial charge in [-0.2, -0.15) is 0 Å². The minimum absolute atomic E-state index is 0.134. The van der Waals surface area contributed by atoms with Crippen LogP contribution < -0.4 is 0 Å². The van der Waals surface area contributed by atoms with Gasteiger partial charge in [-0.05, 0) is 49.8 Å². The maximum absolute atomic E-state index is 14.2. The third-order valence-electron chi connectivity index (χ3n) is 9.09. The third-order valence-corrected chi connectivity index (χ3v) is 9.09. The molecule has 3 aromatic carbocycles. The van der Waals surface area contributed by atoms with E-state index in [-0.39, 0.29) is 22.2 Å². The molecule has 234 valence electrons. The van der Waals surface area contributed by atoms with Gasteiger partial charge in [-0.25, -0.2) is 9.59 Å². The van der Waals surface area contributed by atoms with Crippen LogP contribution in [0.5, 0.6) is 0 Å². The smallest absolute Gasteiger partial charge is 0.355 e. The Kier molecular flexibility index (Phi) is 9.48. The summed E-state index contributed by atoms with van der Waals surface area (Å²) in [4.78, 5) is 46.8. The minimum Gasteiger partial charge on any atom is -0.466 e. The Morgan fingerprint density at radius 1 is 0.867 bits per heavy atom. The third kappa shape index (κ3) is 6.13. The Hall–Kier alpha value is -4.76. The molecule has 0 aliphatic carbocycles. The van der Waals surface area contributed by atoms with Gasteiger partial charge < -0.3 is 14.5 Å². The fourth-order valence-corrected chi connectivity index (χ4v) is 6.84. The predicted molar refractivity (Wildman–Crippen MR) is 171 cm³/mol. The number of piperidine rings is 1. The van der Waals surface area contributed by atoms with Crippen LogP contribution in [0.4, 0.5) is 5.69 Å². The van der Waals surface area contributed by atoms with Crippen molar-refractivity contribution < 1.29 is 24.1 Å².